The van der Waals surface area contributed by atoms with E-state index in [4.69, 9.17) is 18.6 Å². The average molecular weight is 533 g/mol. The molecule has 2 rings (SSSR count). The zero-order valence-electron chi connectivity index (χ0n) is 23.3. The van der Waals surface area contributed by atoms with Gasteiger partial charge in [-0.1, -0.05) is 0 Å². The molecule has 0 N–H and O–H groups in total. The third kappa shape index (κ3) is 5.04. The van der Waals surface area contributed by atoms with Crippen molar-refractivity contribution in [3.05, 3.63) is 46.6 Å². The fourth-order valence-corrected chi connectivity index (χ4v) is 24.3. The number of hydrogen-bond acceptors (Lipinski definition) is 0. The number of hydrogen-bond donors (Lipinski definition) is 0. The van der Waals surface area contributed by atoms with Crippen molar-refractivity contribution in [2.45, 2.75) is 105 Å². The molecule has 0 bridgehead atoms. The molecule has 0 fully saturated rings. The van der Waals surface area contributed by atoms with Crippen LogP contribution < -0.4 is 0 Å². The molecule has 0 aliphatic heterocycles. The van der Waals surface area contributed by atoms with Crippen molar-refractivity contribution in [2.75, 3.05) is 0 Å². The van der Waals surface area contributed by atoms with Crippen molar-refractivity contribution in [3.63, 3.8) is 0 Å². The molecule has 0 spiro atoms. The van der Waals surface area contributed by atoms with Crippen molar-refractivity contribution in [2.24, 2.45) is 21.7 Å². The molecule has 2 aliphatic rings. The zero-order valence-corrected chi connectivity index (χ0v) is 27.5. The first-order valence-electron chi connectivity index (χ1n) is 12.4. The van der Waals surface area contributed by atoms with Crippen LogP contribution in [0.5, 0.6) is 0 Å². The van der Waals surface area contributed by atoms with Crippen molar-refractivity contribution >= 4 is 25.3 Å². The molecular formula is C28H49Cl2SiTi. The fraction of sp³-hybridized carbons (Fsp3) is 0.714. The van der Waals surface area contributed by atoms with Crippen LogP contribution in [0.1, 0.15) is 83.1 Å². The van der Waals surface area contributed by atoms with E-state index in [1.807, 2.05) is 0 Å². The summed E-state index contributed by atoms with van der Waals surface area (Å²) in [4.78, 5) is 0. The molecule has 2 aliphatic carbocycles. The topological polar surface area (TPSA) is 0 Å². The molecule has 2 unspecified atom stereocenters. The minimum absolute atomic E-state index is 0.0343. The Morgan fingerprint density at radius 3 is 1.06 bits per heavy atom. The number of rotatable bonds is 3. The van der Waals surface area contributed by atoms with Crippen LogP contribution in [0.15, 0.2) is 46.6 Å². The fourth-order valence-electron chi connectivity index (χ4n) is 5.27. The zero-order chi connectivity index (χ0) is 25.3. The molecule has 0 saturated heterocycles. The van der Waals surface area contributed by atoms with Crippen molar-refractivity contribution in [1.29, 1.82) is 0 Å². The first-order chi connectivity index (χ1) is 13.9. The first kappa shape index (κ1) is 28.7. The third-order valence-corrected chi connectivity index (χ3v) is 43.1. The van der Waals surface area contributed by atoms with Gasteiger partial charge in [-0.2, -0.15) is 0 Å². The predicted octanol–water partition coefficient (Wildman–Crippen LogP) is 10.5. The third-order valence-electron chi connectivity index (χ3n) is 7.74. The van der Waals surface area contributed by atoms with Crippen LogP contribution >= 0.6 is 18.6 Å². The van der Waals surface area contributed by atoms with Crippen LogP contribution in [0.25, 0.3) is 0 Å². The van der Waals surface area contributed by atoms with Crippen molar-refractivity contribution in [3.8, 4) is 0 Å². The summed E-state index contributed by atoms with van der Waals surface area (Å²) >= 11 is -4.19. The summed E-state index contributed by atoms with van der Waals surface area (Å²) in [6.45, 7) is 31.2. The Morgan fingerprint density at radius 2 is 0.875 bits per heavy atom. The second kappa shape index (κ2) is 8.26. The molecule has 183 valence electrons. The van der Waals surface area contributed by atoms with Crippen molar-refractivity contribution in [1.82, 2.24) is 0 Å². The van der Waals surface area contributed by atoms with E-state index < -0.39 is 19.1 Å². The summed E-state index contributed by atoms with van der Waals surface area (Å²) < 4.78 is 0.366. The Bertz CT molecular complexity index is 820. The number of allylic oxidation sites excluding steroid dienone is 8. The van der Waals surface area contributed by atoms with E-state index in [1.54, 1.807) is 0 Å². The standard InChI is InChI=1S/2C13H21.C2H7Si.2ClH.Ti/c2*1-12(2,3)10-7-8-11(9-10)13(4,5)6;1-3-2;;;/h2*7-9H,1-6H3;3H,1-2H3;2*1H;/q;;;;;+2/p-2. The minimum atomic E-state index is -4.19. The monoisotopic (exact) mass is 531 g/mol. The Hall–Kier alpha value is 0.471. The van der Waals surface area contributed by atoms with Crippen LogP contribution in [-0.4, -0.2) is 6.66 Å². The van der Waals surface area contributed by atoms with E-state index in [9.17, 15) is 0 Å². The van der Waals surface area contributed by atoms with Gasteiger partial charge in [-0.3, -0.25) is 0 Å². The van der Waals surface area contributed by atoms with Crippen LogP contribution in [-0.2, 0) is 12.4 Å². The molecule has 0 aromatic heterocycles. The van der Waals surface area contributed by atoms with Gasteiger partial charge in [-0.05, 0) is 0 Å². The molecule has 0 aromatic rings. The van der Waals surface area contributed by atoms with Gasteiger partial charge in [-0.15, -0.1) is 0 Å². The van der Waals surface area contributed by atoms with Gasteiger partial charge in [-0.25, -0.2) is 0 Å². The van der Waals surface area contributed by atoms with Gasteiger partial charge < -0.3 is 0 Å². The summed E-state index contributed by atoms with van der Waals surface area (Å²) in [7, 11) is 16.4. The van der Waals surface area contributed by atoms with E-state index in [0.29, 0.717) is 0 Å². The Balaban J connectivity index is 2.89. The Kier molecular flexibility index (Phi) is 7.41. The SMILES string of the molecule is C[SiH](C)[Ti]([Cl])([Cl])([CH]1C=C(C(C)(C)C)C=C1C(C)(C)C)[CH]1C=C(C(C)(C)C)C=C1C(C)(C)C. The molecular weight excluding hydrogens is 483 g/mol. The first-order valence-corrected chi connectivity index (χ1v) is 24.1. The number of halogens is 2. The summed E-state index contributed by atoms with van der Waals surface area (Å²) in [6.07, 6.45) is 9.93. The maximum absolute atomic E-state index is 8.22. The normalized spacial score (nSPS) is 24.7. The predicted molar refractivity (Wildman–Crippen MR) is 148 cm³/mol. The quantitative estimate of drug-likeness (QED) is 0.317. The summed E-state index contributed by atoms with van der Waals surface area (Å²) in [6, 6.07) is 0. The van der Waals surface area contributed by atoms with E-state index >= 15 is 0 Å². The Morgan fingerprint density at radius 1 is 0.594 bits per heavy atom. The van der Waals surface area contributed by atoms with E-state index in [-0.39, 0.29) is 30.1 Å². The molecule has 2 atom stereocenters. The molecule has 0 heterocycles. The molecule has 0 aromatic carbocycles. The average Bonchev–Trinajstić information content (AvgIpc) is 3.19. The van der Waals surface area contributed by atoms with Gasteiger partial charge >= 0.3 is 211 Å². The second-order valence-corrected chi connectivity index (χ2v) is 44.2. The molecule has 0 radical (unpaired) electrons. The van der Waals surface area contributed by atoms with Crippen LogP contribution in [0.3, 0.4) is 0 Å². The van der Waals surface area contributed by atoms with Crippen LogP contribution in [0, 0.1) is 21.7 Å². The molecule has 4 heteroatoms. The summed E-state index contributed by atoms with van der Waals surface area (Å²) in [5.74, 6) is 0. The van der Waals surface area contributed by atoms with Gasteiger partial charge in [0.05, 0.1) is 0 Å². The van der Waals surface area contributed by atoms with Gasteiger partial charge in [0.1, 0.15) is 0 Å². The van der Waals surface area contributed by atoms with Crippen LogP contribution in [0.2, 0.25) is 21.5 Å². The maximum atomic E-state index is 8.22. The van der Waals surface area contributed by atoms with Gasteiger partial charge in [0, 0.05) is 0 Å². The van der Waals surface area contributed by atoms with Crippen molar-refractivity contribution < 1.29 is 12.4 Å². The van der Waals surface area contributed by atoms with Crippen LogP contribution in [0.4, 0.5) is 0 Å². The molecule has 32 heavy (non-hydrogen) atoms. The molecule has 0 nitrogen and oxygen atoms in total. The van der Waals surface area contributed by atoms with E-state index in [1.165, 1.54) is 22.3 Å². The van der Waals surface area contributed by atoms with Gasteiger partial charge in [0.15, 0.2) is 0 Å². The Labute approximate surface area is 209 Å². The van der Waals surface area contributed by atoms with E-state index in [2.05, 4.69) is 120 Å². The van der Waals surface area contributed by atoms with E-state index in [0.717, 1.165) is 0 Å². The second-order valence-electron chi connectivity index (χ2n) is 14.8. The van der Waals surface area contributed by atoms with Gasteiger partial charge in [0.2, 0.25) is 0 Å². The van der Waals surface area contributed by atoms with Gasteiger partial charge in [0.25, 0.3) is 0 Å². The molecule has 0 saturated carbocycles. The molecule has 0 amide bonds. The summed E-state index contributed by atoms with van der Waals surface area (Å²) in [5.41, 5.74) is 5.95. The summed E-state index contributed by atoms with van der Waals surface area (Å²) in [5, 5.41) is 0.